The molecule has 0 aromatic heterocycles. The first-order valence-corrected chi connectivity index (χ1v) is 7.83. The molecule has 5 nitrogen and oxygen atoms in total. The Balaban J connectivity index is 2.14. The Hall–Kier alpha value is -0.170. The summed E-state index contributed by atoms with van der Waals surface area (Å²) in [6, 6.07) is 0.238. The van der Waals surface area contributed by atoms with Crippen LogP contribution in [0.5, 0.6) is 0 Å². The second kappa shape index (κ2) is 5.22. The molecule has 1 atom stereocenters. The van der Waals surface area contributed by atoms with Crippen LogP contribution in [0.25, 0.3) is 0 Å². The molecule has 1 N–H and O–H groups in total. The fourth-order valence-corrected chi connectivity index (χ4v) is 4.73. The third-order valence-electron chi connectivity index (χ3n) is 3.87. The van der Waals surface area contributed by atoms with E-state index in [0.29, 0.717) is 19.0 Å². The standard InChI is InChI=1S/C11H23N3O2S/c1-12-7-10-8-13(2)17(15,16)14(9-10)11-5-3-4-6-11/h10-12H,3-9H2,1-2H3. The van der Waals surface area contributed by atoms with Gasteiger partial charge in [0.05, 0.1) is 0 Å². The highest BCUT2D eigenvalue weighted by molar-refractivity contribution is 7.86. The number of nitrogens with one attached hydrogen (secondary N) is 1. The van der Waals surface area contributed by atoms with Gasteiger partial charge in [-0.3, -0.25) is 0 Å². The van der Waals surface area contributed by atoms with Gasteiger partial charge in [-0.05, 0) is 25.8 Å². The maximum Gasteiger partial charge on any atom is 0.281 e. The Morgan fingerprint density at radius 1 is 1.24 bits per heavy atom. The lowest BCUT2D eigenvalue weighted by molar-refractivity contribution is 0.202. The first-order chi connectivity index (χ1) is 8.05. The van der Waals surface area contributed by atoms with Crippen LogP contribution in [0.1, 0.15) is 25.7 Å². The zero-order valence-corrected chi connectivity index (χ0v) is 11.5. The van der Waals surface area contributed by atoms with Gasteiger partial charge >= 0.3 is 0 Å². The van der Waals surface area contributed by atoms with Crippen LogP contribution < -0.4 is 5.32 Å². The molecule has 0 amide bonds. The normalized spacial score (nSPS) is 32.0. The molecule has 0 spiro atoms. The monoisotopic (exact) mass is 261 g/mol. The molecule has 0 aromatic carbocycles. The van der Waals surface area contributed by atoms with Crippen LogP contribution in [0, 0.1) is 5.92 Å². The maximum atomic E-state index is 12.3. The largest absolute Gasteiger partial charge is 0.319 e. The Labute approximate surface area is 104 Å². The van der Waals surface area contributed by atoms with E-state index in [4.69, 9.17) is 0 Å². The molecule has 6 heteroatoms. The summed E-state index contributed by atoms with van der Waals surface area (Å²) in [5.41, 5.74) is 0. The molecule has 2 fully saturated rings. The maximum absolute atomic E-state index is 12.3. The predicted molar refractivity (Wildman–Crippen MR) is 67.9 cm³/mol. The highest BCUT2D eigenvalue weighted by atomic mass is 32.2. The van der Waals surface area contributed by atoms with Gasteiger partial charge in [-0.15, -0.1) is 0 Å². The molecule has 1 saturated carbocycles. The molecule has 0 radical (unpaired) electrons. The molecule has 100 valence electrons. The average molecular weight is 261 g/mol. The first-order valence-electron chi connectivity index (χ1n) is 6.43. The van der Waals surface area contributed by atoms with E-state index in [1.54, 1.807) is 11.4 Å². The minimum atomic E-state index is -3.20. The van der Waals surface area contributed by atoms with E-state index in [1.807, 2.05) is 7.05 Å². The number of nitrogens with zero attached hydrogens (tertiary/aromatic N) is 2. The minimum absolute atomic E-state index is 0.238. The Morgan fingerprint density at radius 3 is 2.47 bits per heavy atom. The van der Waals surface area contributed by atoms with E-state index in [1.165, 1.54) is 4.31 Å². The van der Waals surface area contributed by atoms with E-state index in [9.17, 15) is 8.42 Å². The van der Waals surface area contributed by atoms with Crippen molar-refractivity contribution in [3.8, 4) is 0 Å². The predicted octanol–water partition coefficient (Wildman–Crippen LogP) is 0.257. The highest BCUT2D eigenvalue weighted by Gasteiger charge is 2.40. The fraction of sp³-hybridized carbons (Fsp3) is 1.00. The molecule has 1 aliphatic heterocycles. The van der Waals surface area contributed by atoms with Crippen LogP contribution in [-0.4, -0.2) is 56.8 Å². The van der Waals surface area contributed by atoms with Gasteiger partial charge < -0.3 is 5.32 Å². The van der Waals surface area contributed by atoms with Crippen LogP contribution >= 0.6 is 0 Å². The van der Waals surface area contributed by atoms with Crippen LogP contribution in [0.3, 0.4) is 0 Å². The van der Waals surface area contributed by atoms with Gasteiger partial charge in [0.25, 0.3) is 10.2 Å². The van der Waals surface area contributed by atoms with Crippen molar-refractivity contribution in [3.63, 3.8) is 0 Å². The lowest BCUT2D eigenvalue weighted by atomic mass is 10.1. The van der Waals surface area contributed by atoms with E-state index in [-0.39, 0.29) is 6.04 Å². The molecule has 2 aliphatic rings. The molecule has 2 rings (SSSR count). The lowest BCUT2D eigenvalue weighted by Gasteiger charge is -2.40. The van der Waals surface area contributed by atoms with Crippen LogP contribution in [0.2, 0.25) is 0 Å². The average Bonchev–Trinajstić information content (AvgIpc) is 2.77. The van der Waals surface area contributed by atoms with Gasteiger partial charge in [-0.25, -0.2) is 0 Å². The molecule has 17 heavy (non-hydrogen) atoms. The molecule has 0 bridgehead atoms. The number of rotatable bonds is 3. The van der Waals surface area contributed by atoms with Crippen molar-refractivity contribution in [3.05, 3.63) is 0 Å². The Kier molecular flexibility index (Phi) is 4.07. The number of hydrogen-bond donors (Lipinski definition) is 1. The second-order valence-corrected chi connectivity index (χ2v) is 7.21. The van der Waals surface area contributed by atoms with Crippen LogP contribution in [0.15, 0.2) is 0 Å². The lowest BCUT2D eigenvalue weighted by Crippen LogP contribution is -2.56. The summed E-state index contributed by atoms with van der Waals surface area (Å²) in [6.45, 7) is 2.19. The van der Waals surface area contributed by atoms with E-state index >= 15 is 0 Å². The summed E-state index contributed by atoms with van der Waals surface area (Å²) >= 11 is 0. The molecule has 1 heterocycles. The van der Waals surface area contributed by atoms with Gasteiger partial charge in [0.2, 0.25) is 0 Å². The van der Waals surface area contributed by atoms with E-state index in [0.717, 1.165) is 32.2 Å². The van der Waals surface area contributed by atoms with Crippen molar-refractivity contribution >= 4 is 10.2 Å². The summed E-state index contributed by atoms with van der Waals surface area (Å²) in [4.78, 5) is 0. The smallest absolute Gasteiger partial charge is 0.281 e. The second-order valence-electron chi connectivity index (χ2n) is 5.22. The van der Waals surface area contributed by atoms with Crippen molar-refractivity contribution in [2.75, 3.05) is 33.7 Å². The van der Waals surface area contributed by atoms with Crippen molar-refractivity contribution in [2.45, 2.75) is 31.7 Å². The number of hydrogen-bond acceptors (Lipinski definition) is 3. The summed E-state index contributed by atoms with van der Waals surface area (Å²) in [5, 5.41) is 3.15. The zero-order chi connectivity index (χ0) is 12.5. The Bertz CT molecular complexity index is 352. The molecule has 1 aliphatic carbocycles. The zero-order valence-electron chi connectivity index (χ0n) is 10.7. The summed E-state index contributed by atoms with van der Waals surface area (Å²) in [5.74, 6) is 0.397. The third-order valence-corrected chi connectivity index (χ3v) is 5.85. The topological polar surface area (TPSA) is 52.7 Å². The van der Waals surface area contributed by atoms with Gasteiger partial charge in [-0.2, -0.15) is 17.0 Å². The van der Waals surface area contributed by atoms with Crippen molar-refractivity contribution < 1.29 is 8.42 Å². The molecular weight excluding hydrogens is 238 g/mol. The van der Waals surface area contributed by atoms with Crippen molar-refractivity contribution in [1.29, 1.82) is 0 Å². The first kappa shape index (κ1) is 13.3. The van der Waals surface area contributed by atoms with Gasteiger partial charge in [0, 0.05) is 32.7 Å². The highest BCUT2D eigenvalue weighted by Crippen LogP contribution is 2.30. The fourth-order valence-electron chi connectivity index (χ4n) is 2.99. The van der Waals surface area contributed by atoms with Gasteiger partial charge in [-0.1, -0.05) is 12.8 Å². The third kappa shape index (κ3) is 2.65. The van der Waals surface area contributed by atoms with Crippen LogP contribution in [0.4, 0.5) is 0 Å². The SMILES string of the molecule is CNCC1CN(C)S(=O)(=O)N(C2CCCC2)C1. The quantitative estimate of drug-likeness (QED) is 0.793. The molecule has 1 saturated heterocycles. The van der Waals surface area contributed by atoms with E-state index in [2.05, 4.69) is 5.32 Å². The van der Waals surface area contributed by atoms with Crippen molar-refractivity contribution in [2.24, 2.45) is 5.92 Å². The molecular formula is C11H23N3O2S. The molecule has 1 unspecified atom stereocenters. The van der Waals surface area contributed by atoms with Crippen LogP contribution in [-0.2, 0) is 10.2 Å². The van der Waals surface area contributed by atoms with Gasteiger partial charge in [0.1, 0.15) is 0 Å². The summed E-state index contributed by atoms with van der Waals surface area (Å²) in [6.07, 6.45) is 4.38. The van der Waals surface area contributed by atoms with E-state index < -0.39 is 10.2 Å². The Morgan fingerprint density at radius 2 is 1.88 bits per heavy atom. The van der Waals surface area contributed by atoms with Crippen molar-refractivity contribution in [1.82, 2.24) is 13.9 Å². The summed E-state index contributed by atoms with van der Waals surface area (Å²) in [7, 11) is 0.415. The van der Waals surface area contributed by atoms with Gasteiger partial charge in [0.15, 0.2) is 0 Å². The molecule has 0 aromatic rings. The minimum Gasteiger partial charge on any atom is -0.319 e. The summed E-state index contributed by atoms with van der Waals surface area (Å²) < 4.78 is 27.8.